The van der Waals surface area contributed by atoms with E-state index in [-0.39, 0.29) is 26.8 Å². The number of rotatable bonds is 6. The van der Waals surface area contributed by atoms with Crippen molar-refractivity contribution in [1.82, 2.24) is 9.97 Å². The molecule has 0 radical (unpaired) electrons. The van der Waals surface area contributed by atoms with Gasteiger partial charge in [-0.05, 0) is 60.4 Å². The van der Waals surface area contributed by atoms with E-state index >= 15 is 0 Å². The van der Waals surface area contributed by atoms with Gasteiger partial charge in [-0.3, -0.25) is 4.72 Å². The Kier molecular flexibility index (Phi) is 6.06. The first-order valence-electron chi connectivity index (χ1n) is 9.43. The molecule has 1 heterocycles. The van der Waals surface area contributed by atoms with Gasteiger partial charge in [0.05, 0.1) is 9.79 Å². The fourth-order valence-corrected chi connectivity index (χ4v) is 4.74. The number of aryl methyl sites for hydroxylation is 1. The van der Waals surface area contributed by atoms with Crippen LogP contribution in [0.1, 0.15) is 32.0 Å². The second-order valence-corrected chi connectivity index (χ2v) is 11.4. The van der Waals surface area contributed by atoms with Crippen molar-refractivity contribution in [3.05, 3.63) is 72.1 Å². The van der Waals surface area contributed by atoms with E-state index in [4.69, 9.17) is 0 Å². The van der Waals surface area contributed by atoms with Crippen LogP contribution >= 0.6 is 0 Å². The molecule has 3 rings (SSSR count). The molecule has 0 bridgehead atoms. The van der Waals surface area contributed by atoms with Crippen LogP contribution in [0.15, 0.2) is 70.6 Å². The molecule has 0 saturated carbocycles. The molecule has 0 amide bonds. The average Bonchev–Trinajstić information content (AvgIpc) is 2.67. The zero-order valence-corrected chi connectivity index (χ0v) is 19.3. The third-order valence-electron chi connectivity index (χ3n) is 4.47. The van der Waals surface area contributed by atoms with Crippen LogP contribution in [0.2, 0.25) is 0 Å². The van der Waals surface area contributed by atoms with Gasteiger partial charge in [-0.15, -0.1) is 0 Å². The number of benzene rings is 2. The van der Waals surface area contributed by atoms with E-state index in [0.717, 1.165) is 5.56 Å². The molecule has 3 aromatic rings. The van der Waals surface area contributed by atoms with E-state index < -0.39 is 20.0 Å². The minimum absolute atomic E-state index is 0.0384. The normalized spacial score (nSPS) is 12.4. The predicted octanol–water partition coefficient (Wildman–Crippen LogP) is 3.68. The first-order chi connectivity index (χ1) is 14.4. The summed E-state index contributed by atoms with van der Waals surface area (Å²) in [5, 5.41) is 0. The molecule has 2 N–H and O–H groups in total. The van der Waals surface area contributed by atoms with E-state index in [9.17, 15) is 16.8 Å². The van der Waals surface area contributed by atoms with Crippen molar-refractivity contribution in [1.29, 1.82) is 0 Å². The van der Waals surface area contributed by atoms with Gasteiger partial charge >= 0.3 is 0 Å². The Morgan fingerprint density at radius 1 is 0.742 bits per heavy atom. The minimum atomic E-state index is -3.91. The van der Waals surface area contributed by atoms with Crippen LogP contribution in [0.4, 0.5) is 11.6 Å². The Hall–Kier alpha value is -2.98. The van der Waals surface area contributed by atoms with Gasteiger partial charge in [-0.25, -0.2) is 31.5 Å². The largest absolute Gasteiger partial charge is 0.280 e. The molecule has 0 fully saturated rings. The molecule has 31 heavy (non-hydrogen) atoms. The van der Waals surface area contributed by atoms with Gasteiger partial charge in [0.15, 0.2) is 0 Å². The Labute approximate surface area is 182 Å². The van der Waals surface area contributed by atoms with Gasteiger partial charge in [-0.2, -0.15) is 0 Å². The van der Waals surface area contributed by atoms with E-state index in [2.05, 4.69) is 19.4 Å². The third kappa shape index (κ3) is 5.59. The topological polar surface area (TPSA) is 118 Å². The Morgan fingerprint density at radius 3 is 1.77 bits per heavy atom. The summed E-state index contributed by atoms with van der Waals surface area (Å²) in [5.41, 5.74) is 1.79. The van der Waals surface area contributed by atoms with Crippen molar-refractivity contribution in [3.8, 4) is 0 Å². The average molecular weight is 461 g/mol. The van der Waals surface area contributed by atoms with Crippen LogP contribution in [0.3, 0.4) is 0 Å². The molecule has 0 spiro atoms. The number of nitrogens with one attached hydrogen (secondary N) is 2. The standard InChI is InChI=1S/C21H24N4O4S2/c1-15-13-14-22-20(23-15)25-31(28,29)19-11-7-17(8-12-19)24-30(26,27)18-9-5-16(6-10-18)21(2,3)4/h5-14,24H,1-4H3,(H,22,23,25). The lowest BCUT2D eigenvalue weighted by molar-refractivity contribution is 0.587. The Balaban J connectivity index is 1.76. The molecule has 2 aromatic carbocycles. The number of nitrogens with zero attached hydrogens (tertiary/aromatic N) is 2. The van der Waals surface area contributed by atoms with Crippen LogP contribution in [-0.4, -0.2) is 26.8 Å². The molecule has 8 nitrogen and oxygen atoms in total. The van der Waals surface area contributed by atoms with Crippen LogP contribution in [0, 0.1) is 6.92 Å². The summed E-state index contributed by atoms with van der Waals surface area (Å²) in [4.78, 5) is 7.96. The number of sulfonamides is 2. The van der Waals surface area contributed by atoms with Gasteiger partial charge in [0.2, 0.25) is 5.95 Å². The fourth-order valence-electron chi connectivity index (χ4n) is 2.73. The van der Waals surface area contributed by atoms with Crippen molar-refractivity contribution in [2.24, 2.45) is 0 Å². The maximum absolute atomic E-state index is 12.7. The molecule has 0 aliphatic carbocycles. The summed E-state index contributed by atoms with van der Waals surface area (Å²) in [6.07, 6.45) is 1.45. The summed E-state index contributed by atoms with van der Waals surface area (Å²) in [6.45, 7) is 7.86. The summed E-state index contributed by atoms with van der Waals surface area (Å²) in [6, 6.07) is 13.7. The minimum Gasteiger partial charge on any atom is -0.280 e. The van der Waals surface area contributed by atoms with Crippen molar-refractivity contribution in [2.75, 3.05) is 9.44 Å². The molecule has 0 aliphatic rings. The number of anilines is 2. The van der Waals surface area contributed by atoms with Crippen LogP contribution in [-0.2, 0) is 25.5 Å². The van der Waals surface area contributed by atoms with Crippen LogP contribution < -0.4 is 9.44 Å². The van der Waals surface area contributed by atoms with Crippen molar-refractivity contribution < 1.29 is 16.8 Å². The highest BCUT2D eigenvalue weighted by Crippen LogP contribution is 2.25. The zero-order chi connectivity index (χ0) is 22.9. The number of aromatic nitrogens is 2. The zero-order valence-electron chi connectivity index (χ0n) is 17.6. The third-order valence-corrected chi connectivity index (χ3v) is 7.21. The monoisotopic (exact) mass is 460 g/mol. The molecule has 10 heteroatoms. The SMILES string of the molecule is Cc1ccnc(NS(=O)(=O)c2ccc(NS(=O)(=O)c3ccc(C(C)(C)C)cc3)cc2)n1. The Bertz CT molecular complexity index is 1280. The first kappa shape index (κ1) is 22.7. The van der Waals surface area contributed by atoms with Gasteiger partial charge in [0.1, 0.15) is 0 Å². The summed E-state index contributed by atoms with van der Waals surface area (Å²) < 4.78 is 55.1. The highest BCUT2D eigenvalue weighted by molar-refractivity contribution is 7.93. The summed E-state index contributed by atoms with van der Waals surface area (Å²) in [5.74, 6) is -0.0384. The van der Waals surface area contributed by atoms with Gasteiger partial charge in [-0.1, -0.05) is 32.9 Å². The van der Waals surface area contributed by atoms with Gasteiger partial charge < -0.3 is 0 Å². The maximum Gasteiger partial charge on any atom is 0.264 e. The van der Waals surface area contributed by atoms with Crippen molar-refractivity contribution in [3.63, 3.8) is 0 Å². The number of hydrogen-bond donors (Lipinski definition) is 2. The van der Waals surface area contributed by atoms with Crippen molar-refractivity contribution >= 4 is 31.7 Å². The number of hydrogen-bond acceptors (Lipinski definition) is 6. The van der Waals surface area contributed by atoms with E-state index in [1.54, 1.807) is 37.3 Å². The second kappa shape index (κ2) is 8.27. The van der Waals surface area contributed by atoms with E-state index in [0.29, 0.717) is 5.69 Å². The fraction of sp³-hybridized carbons (Fsp3) is 0.238. The molecule has 0 saturated heterocycles. The summed E-state index contributed by atoms with van der Waals surface area (Å²) in [7, 11) is -7.73. The molecular weight excluding hydrogens is 436 g/mol. The maximum atomic E-state index is 12.7. The lowest BCUT2D eigenvalue weighted by Gasteiger charge is -2.19. The highest BCUT2D eigenvalue weighted by Gasteiger charge is 2.19. The lowest BCUT2D eigenvalue weighted by atomic mass is 9.87. The Morgan fingerprint density at radius 2 is 1.26 bits per heavy atom. The van der Waals surface area contributed by atoms with Crippen LogP contribution in [0.25, 0.3) is 0 Å². The first-order valence-corrected chi connectivity index (χ1v) is 12.4. The summed E-state index contributed by atoms with van der Waals surface area (Å²) >= 11 is 0. The van der Waals surface area contributed by atoms with Gasteiger partial charge in [0, 0.05) is 17.6 Å². The van der Waals surface area contributed by atoms with Crippen molar-refractivity contribution in [2.45, 2.75) is 42.9 Å². The van der Waals surface area contributed by atoms with E-state index in [1.165, 1.54) is 30.5 Å². The molecule has 0 unspecified atom stereocenters. The molecule has 0 atom stereocenters. The van der Waals surface area contributed by atoms with E-state index in [1.807, 2.05) is 20.8 Å². The van der Waals surface area contributed by atoms with Crippen LogP contribution in [0.5, 0.6) is 0 Å². The lowest BCUT2D eigenvalue weighted by Crippen LogP contribution is -2.16. The molecule has 0 aliphatic heterocycles. The molecule has 164 valence electrons. The molecule has 1 aromatic heterocycles. The smallest absolute Gasteiger partial charge is 0.264 e. The molecular formula is C21H24N4O4S2. The quantitative estimate of drug-likeness (QED) is 0.579. The van der Waals surface area contributed by atoms with Gasteiger partial charge in [0.25, 0.3) is 20.0 Å². The predicted molar refractivity (Wildman–Crippen MR) is 120 cm³/mol. The second-order valence-electron chi connectivity index (χ2n) is 8.03. The highest BCUT2D eigenvalue weighted by atomic mass is 32.2.